The maximum atomic E-state index is 11.8. The van der Waals surface area contributed by atoms with Crippen LogP contribution in [0.1, 0.15) is 5.56 Å². The minimum absolute atomic E-state index is 0.0227. The largest absolute Gasteiger partial charge is 0.497 e. The van der Waals surface area contributed by atoms with E-state index >= 15 is 0 Å². The van der Waals surface area contributed by atoms with Crippen LogP contribution in [0.5, 0.6) is 17.2 Å². The van der Waals surface area contributed by atoms with E-state index in [-0.39, 0.29) is 12.5 Å². The Morgan fingerprint density at radius 3 is 2.18 bits per heavy atom. The van der Waals surface area contributed by atoms with E-state index in [1.165, 1.54) is 0 Å². The fourth-order valence-electron chi connectivity index (χ4n) is 1.89. The molecule has 5 nitrogen and oxygen atoms in total. The van der Waals surface area contributed by atoms with Gasteiger partial charge in [-0.15, -0.1) is 0 Å². The summed E-state index contributed by atoms with van der Waals surface area (Å²) in [4.78, 5) is 11.8. The molecule has 0 aliphatic rings. The van der Waals surface area contributed by atoms with Crippen LogP contribution in [-0.2, 0) is 11.3 Å². The van der Waals surface area contributed by atoms with Crippen LogP contribution in [0.4, 0.5) is 0 Å². The van der Waals surface area contributed by atoms with Crippen molar-refractivity contribution in [3.63, 3.8) is 0 Å². The number of nitrogens with one attached hydrogen (secondary N) is 1. The average Bonchev–Trinajstić information content (AvgIpc) is 2.58. The summed E-state index contributed by atoms with van der Waals surface area (Å²) in [5.41, 5.74) is 0.893. The van der Waals surface area contributed by atoms with Crippen molar-refractivity contribution in [1.82, 2.24) is 5.32 Å². The molecule has 0 spiro atoms. The Kier molecular flexibility index (Phi) is 5.65. The zero-order valence-electron chi connectivity index (χ0n) is 12.7. The van der Waals surface area contributed by atoms with Gasteiger partial charge in [-0.2, -0.15) is 0 Å². The van der Waals surface area contributed by atoms with E-state index in [2.05, 4.69) is 5.32 Å². The maximum absolute atomic E-state index is 11.8. The first-order valence-corrected chi connectivity index (χ1v) is 6.88. The summed E-state index contributed by atoms with van der Waals surface area (Å²) in [7, 11) is 3.18. The standard InChI is InChI=1S/C17H19NO4/c1-20-15-8-13(9-16(10-15)21-2)11-18-17(19)12-22-14-6-4-3-5-7-14/h3-10H,11-12H2,1-2H3,(H,18,19). The molecule has 0 fully saturated rings. The Labute approximate surface area is 129 Å². The lowest BCUT2D eigenvalue weighted by atomic mass is 10.2. The van der Waals surface area contributed by atoms with Crippen LogP contribution in [0.2, 0.25) is 0 Å². The molecule has 2 aromatic carbocycles. The third kappa shape index (κ3) is 4.70. The van der Waals surface area contributed by atoms with Crippen LogP contribution < -0.4 is 19.5 Å². The van der Waals surface area contributed by atoms with E-state index in [4.69, 9.17) is 14.2 Å². The first kappa shape index (κ1) is 15.7. The van der Waals surface area contributed by atoms with Gasteiger partial charge in [0.25, 0.3) is 5.91 Å². The molecule has 0 bridgehead atoms. The van der Waals surface area contributed by atoms with Gasteiger partial charge in [0.1, 0.15) is 17.2 Å². The number of rotatable bonds is 7. The van der Waals surface area contributed by atoms with Crippen molar-refractivity contribution in [1.29, 1.82) is 0 Å². The van der Waals surface area contributed by atoms with Crippen molar-refractivity contribution in [3.8, 4) is 17.2 Å². The van der Waals surface area contributed by atoms with Gasteiger partial charge >= 0.3 is 0 Å². The van der Waals surface area contributed by atoms with Gasteiger partial charge in [-0.3, -0.25) is 4.79 Å². The normalized spacial score (nSPS) is 9.91. The van der Waals surface area contributed by atoms with Crippen molar-refractivity contribution in [2.45, 2.75) is 6.54 Å². The number of methoxy groups -OCH3 is 2. The van der Waals surface area contributed by atoms with E-state index in [0.717, 1.165) is 5.56 Å². The average molecular weight is 301 g/mol. The summed E-state index contributed by atoms with van der Waals surface area (Å²) in [6, 6.07) is 14.7. The first-order chi connectivity index (χ1) is 10.7. The molecular weight excluding hydrogens is 282 g/mol. The monoisotopic (exact) mass is 301 g/mol. The molecule has 0 saturated carbocycles. The highest BCUT2D eigenvalue weighted by Crippen LogP contribution is 2.22. The Morgan fingerprint density at radius 2 is 1.59 bits per heavy atom. The lowest BCUT2D eigenvalue weighted by Crippen LogP contribution is -2.28. The van der Waals surface area contributed by atoms with E-state index < -0.39 is 0 Å². The molecule has 1 amide bonds. The van der Waals surface area contributed by atoms with Crippen LogP contribution in [0.25, 0.3) is 0 Å². The van der Waals surface area contributed by atoms with Crippen molar-refractivity contribution in [2.75, 3.05) is 20.8 Å². The van der Waals surface area contributed by atoms with Crippen molar-refractivity contribution in [2.24, 2.45) is 0 Å². The van der Waals surface area contributed by atoms with Crippen LogP contribution in [0.3, 0.4) is 0 Å². The molecule has 0 aliphatic carbocycles. The number of para-hydroxylation sites is 1. The van der Waals surface area contributed by atoms with Crippen LogP contribution in [0, 0.1) is 0 Å². The lowest BCUT2D eigenvalue weighted by Gasteiger charge is -2.10. The smallest absolute Gasteiger partial charge is 0.258 e. The molecule has 0 atom stereocenters. The van der Waals surface area contributed by atoms with Gasteiger partial charge in [0.15, 0.2) is 6.61 Å². The number of amides is 1. The Balaban J connectivity index is 1.85. The molecule has 0 saturated heterocycles. The lowest BCUT2D eigenvalue weighted by molar-refractivity contribution is -0.123. The fraction of sp³-hybridized carbons (Fsp3) is 0.235. The van der Waals surface area contributed by atoms with E-state index in [9.17, 15) is 4.79 Å². The minimum atomic E-state index is -0.189. The summed E-state index contributed by atoms with van der Waals surface area (Å²) >= 11 is 0. The molecule has 116 valence electrons. The zero-order valence-corrected chi connectivity index (χ0v) is 12.7. The van der Waals surface area contributed by atoms with Gasteiger partial charge in [0.05, 0.1) is 14.2 Å². The molecule has 0 aliphatic heterocycles. The SMILES string of the molecule is COc1cc(CNC(=O)COc2ccccc2)cc(OC)c1. The predicted molar refractivity (Wildman–Crippen MR) is 83.3 cm³/mol. The molecule has 0 aromatic heterocycles. The maximum Gasteiger partial charge on any atom is 0.258 e. The summed E-state index contributed by atoms with van der Waals surface area (Å²) < 4.78 is 15.8. The first-order valence-electron chi connectivity index (χ1n) is 6.88. The predicted octanol–water partition coefficient (Wildman–Crippen LogP) is 2.40. The second kappa shape index (κ2) is 7.93. The van der Waals surface area contributed by atoms with E-state index in [1.54, 1.807) is 32.4 Å². The molecule has 1 N–H and O–H groups in total. The van der Waals surface area contributed by atoms with Crippen LogP contribution in [-0.4, -0.2) is 26.7 Å². The van der Waals surface area contributed by atoms with Crippen molar-refractivity contribution < 1.29 is 19.0 Å². The topological polar surface area (TPSA) is 56.8 Å². The molecule has 2 aromatic rings. The number of carbonyl (C=O) groups is 1. The molecule has 0 unspecified atom stereocenters. The van der Waals surface area contributed by atoms with Gasteiger partial charge in [0, 0.05) is 12.6 Å². The van der Waals surface area contributed by atoms with Gasteiger partial charge in [-0.25, -0.2) is 0 Å². The summed E-state index contributed by atoms with van der Waals surface area (Å²) in [5.74, 6) is 1.85. The van der Waals surface area contributed by atoms with Gasteiger partial charge < -0.3 is 19.5 Å². The molecule has 0 heterocycles. The van der Waals surface area contributed by atoms with Crippen molar-refractivity contribution in [3.05, 3.63) is 54.1 Å². The third-order valence-electron chi connectivity index (χ3n) is 3.01. The Bertz CT molecular complexity index is 591. The Morgan fingerprint density at radius 1 is 0.955 bits per heavy atom. The molecule has 5 heteroatoms. The number of hydrogen-bond acceptors (Lipinski definition) is 4. The summed E-state index contributed by atoms with van der Waals surface area (Å²) in [6.07, 6.45) is 0. The zero-order chi connectivity index (χ0) is 15.8. The number of hydrogen-bond donors (Lipinski definition) is 1. The quantitative estimate of drug-likeness (QED) is 0.853. The molecule has 0 radical (unpaired) electrons. The second-order valence-electron chi connectivity index (χ2n) is 4.60. The highest BCUT2D eigenvalue weighted by atomic mass is 16.5. The number of carbonyl (C=O) groups excluding carboxylic acids is 1. The highest BCUT2D eigenvalue weighted by molar-refractivity contribution is 5.77. The minimum Gasteiger partial charge on any atom is -0.497 e. The molecular formula is C17H19NO4. The van der Waals surface area contributed by atoms with Gasteiger partial charge in [0.2, 0.25) is 0 Å². The third-order valence-corrected chi connectivity index (χ3v) is 3.01. The summed E-state index contributed by atoms with van der Waals surface area (Å²) in [6.45, 7) is 0.357. The number of ether oxygens (including phenoxy) is 3. The van der Waals surface area contributed by atoms with E-state index in [1.807, 2.05) is 30.3 Å². The second-order valence-corrected chi connectivity index (χ2v) is 4.60. The van der Waals surface area contributed by atoms with Gasteiger partial charge in [-0.1, -0.05) is 18.2 Å². The van der Waals surface area contributed by atoms with Crippen LogP contribution >= 0.6 is 0 Å². The summed E-state index contributed by atoms with van der Waals surface area (Å²) in [5, 5.41) is 2.80. The van der Waals surface area contributed by atoms with Crippen molar-refractivity contribution >= 4 is 5.91 Å². The fourth-order valence-corrected chi connectivity index (χ4v) is 1.89. The highest BCUT2D eigenvalue weighted by Gasteiger charge is 2.05. The van der Waals surface area contributed by atoms with Gasteiger partial charge in [-0.05, 0) is 29.8 Å². The molecule has 2 rings (SSSR count). The number of benzene rings is 2. The van der Waals surface area contributed by atoms with E-state index in [0.29, 0.717) is 23.8 Å². The Hall–Kier alpha value is -2.69. The molecule has 22 heavy (non-hydrogen) atoms. The van der Waals surface area contributed by atoms with Crippen LogP contribution in [0.15, 0.2) is 48.5 Å².